The largest absolute Gasteiger partial charge is 0.444 e. The van der Waals surface area contributed by atoms with E-state index < -0.39 is 5.60 Å². The van der Waals surface area contributed by atoms with Gasteiger partial charge in [-0.2, -0.15) is 5.10 Å². The van der Waals surface area contributed by atoms with Crippen molar-refractivity contribution in [3.8, 4) is 0 Å². The van der Waals surface area contributed by atoms with E-state index in [4.69, 9.17) is 4.74 Å². The highest BCUT2D eigenvalue weighted by molar-refractivity contribution is 5.73. The van der Waals surface area contributed by atoms with E-state index in [0.717, 1.165) is 5.69 Å². The Morgan fingerprint density at radius 3 is 2.84 bits per heavy atom. The van der Waals surface area contributed by atoms with E-state index in [1.165, 1.54) is 0 Å². The molecule has 19 heavy (non-hydrogen) atoms. The van der Waals surface area contributed by atoms with Crippen LogP contribution >= 0.6 is 0 Å². The van der Waals surface area contributed by atoms with Crippen molar-refractivity contribution in [3.05, 3.63) is 11.9 Å². The highest BCUT2D eigenvalue weighted by Gasteiger charge is 2.27. The maximum atomic E-state index is 12.0. The minimum atomic E-state index is -0.515. The van der Waals surface area contributed by atoms with Crippen molar-refractivity contribution >= 4 is 18.2 Å². The molecule has 0 fully saturated rings. The molecule has 2 amide bonds. The Kier molecular flexibility index (Phi) is 3.46. The predicted molar refractivity (Wildman–Crippen MR) is 68.6 cm³/mol. The van der Waals surface area contributed by atoms with Gasteiger partial charge in [0.1, 0.15) is 5.60 Å². The number of anilines is 1. The number of nitrogens with zero attached hydrogens (tertiary/aromatic N) is 3. The van der Waals surface area contributed by atoms with Crippen LogP contribution in [0, 0.1) is 0 Å². The molecule has 0 unspecified atom stereocenters. The van der Waals surface area contributed by atoms with Gasteiger partial charge in [0.05, 0.1) is 30.7 Å². The molecule has 0 saturated heterocycles. The van der Waals surface area contributed by atoms with Gasteiger partial charge in [-0.15, -0.1) is 0 Å². The molecule has 1 aliphatic heterocycles. The molecule has 7 heteroatoms. The van der Waals surface area contributed by atoms with E-state index in [9.17, 15) is 9.59 Å². The number of nitrogens with one attached hydrogen (secondary N) is 1. The third kappa shape index (κ3) is 3.04. The normalized spacial score (nSPS) is 14.8. The molecule has 1 N–H and O–H groups in total. The summed E-state index contributed by atoms with van der Waals surface area (Å²) in [6, 6.07) is 0. The summed E-state index contributed by atoms with van der Waals surface area (Å²) < 4.78 is 7.12. The highest BCUT2D eigenvalue weighted by Crippen LogP contribution is 2.22. The summed E-state index contributed by atoms with van der Waals surface area (Å²) in [6.45, 7) is 7.01. The first-order valence-electron chi connectivity index (χ1n) is 6.13. The second kappa shape index (κ2) is 4.91. The highest BCUT2D eigenvalue weighted by atomic mass is 16.6. The summed E-state index contributed by atoms with van der Waals surface area (Å²) in [4.78, 5) is 24.1. The summed E-state index contributed by atoms with van der Waals surface area (Å²) in [5.74, 6) is 0. The fourth-order valence-electron chi connectivity index (χ4n) is 1.91. The molecular weight excluding hydrogens is 248 g/mol. The first-order valence-corrected chi connectivity index (χ1v) is 6.13. The smallest absolute Gasteiger partial charge is 0.410 e. The summed E-state index contributed by atoms with van der Waals surface area (Å²) in [7, 11) is 0. The van der Waals surface area contributed by atoms with Crippen LogP contribution in [0.5, 0.6) is 0 Å². The van der Waals surface area contributed by atoms with Crippen LogP contribution in [0.15, 0.2) is 6.20 Å². The molecule has 104 valence electrons. The number of hydrogen-bond acceptors (Lipinski definition) is 4. The van der Waals surface area contributed by atoms with E-state index in [1.807, 2.05) is 20.8 Å². The molecule has 0 saturated carbocycles. The van der Waals surface area contributed by atoms with Gasteiger partial charge in [0.2, 0.25) is 6.41 Å². The zero-order valence-electron chi connectivity index (χ0n) is 11.3. The Labute approximate surface area is 111 Å². The Hall–Kier alpha value is -2.05. The summed E-state index contributed by atoms with van der Waals surface area (Å²) in [5.41, 5.74) is 0.922. The maximum absolute atomic E-state index is 12.0. The van der Waals surface area contributed by atoms with E-state index in [0.29, 0.717) is 31.7 Å². The maximum Gasteiger partial charge on any atom is 0.410 e. The zero-order valence-corrected chi connectivity index (χ0v) is 11.3. The molecule has 0 aromatic carbocycles. The van der Waals surface area contributed by atoms with Gasteiger partial charge >= 0.3 is 6.09 Å². The van der Waals surface area contributed by atoms with Crippen LogP contribution < -0.4 is 5.32 Å². The van der Waals surface area contributed by atoms with Crippen molar-refractivity contribution in [3.63, 3.8) is 0 Å². The fourth-order valence-corrected chi connectivity index (χ4v) is 1.91. The summed E-state index contributed by atoms with van der Waals surface area (Å²) >= 11 is 0. The van der Waals surface area contributed by atoms with Gasteiger partial charge in [-0.25, -0.2) is 4.79 Å². The van der Waals surface area contributed by atoms with Gasteiger partial charge in [-0.1, -0.05) is 0 Å². The minimum Gasteiger partial charge on any atom is -0.444 e. The lowest BCUT2D eigenvalue weighted by molar-refractivity contribution is -0.105. The number of carbonyl (C=O) groups excluding carboxylic acids is 2. The van der Waals surface area contributed by atoms with Crippen molar-refractivity contribution < 1.29 is 14.3 Å². The lowest BCUT2D eigenvalue weighted by Crippen LogP contribution is -2.41. The van der Waals surface area contributed by atoms with Crippen LogP contribution in [0.4, 0.5) is 10.5 Å². The van der Waals surface area contributed by atoms with Crippen LogP contribution in [0.3, 0.4) is 0 Å². The van der Waals surface area contributed by atoms with Gasteiger partial charge in [0.15, 0.2) is 0 Å². The summed E-state index contributed by atoms with van der Waals surface area (Å²) in [6.07, 6.45) is 1.84. The fraction of sp³-hybridized carbons (Fsp3) is 0.583. The molecule has 0 aliphatic carbocycles. The third-order valence-corrected chi connectivity index (χ3v) is 2.74. The third-order valence-electron chi connectivity index (χ3n) is 2.74. The molecule has 0 bridgehead atoms. The van der Waals surface area contributed by atoms with Crippen LogP contribution in [0.2, 0.25) is 0 Å². The van der Waals surface area contributed by atoms with E-state index in [1.54, 1.807) is 15.8 Å². The van der Waals surface area contributed by atoms with Crippen molar-refractivity contribution in [2.24, 2.45) is 0 Å². The molecule has 0 atom stereocenters. The van der Waals surface area contributed by atoms with Gasteiger partial charge in [-0.3, -0.25) is 9.48 Å². The molecule has 1 aromatic rings. The van der Waals surface area contributed by atoms with Crippen LogP contribution in [-0.4, -0.2) is 39.3 Å². The van der Waals surface area contributed by atoms with E-state index >= 15 is 0 Å². The average molecular weight is 266 g/mol. The number of amides is 2. The minimum absolute atomic E-state index is 0.350. The Morgan fingerprint density at radius 2 is 2.21 bits per heavy atom. The second-order valence-electron chi connectivity index (χ2n) is 5.39. The van der Waals surface area contributed by atoms with Gasteiger partial charge < -0.3 is 15.0 Å². The van der Waals surface area contributed by atoms with Gasteiger partial charge in [0.25, 0.3) is 0 Å². The molecule has 0 radical (unpaired) electrons. The lowest BCUT2D eigenvalue weighted by atomic mass is 10.2. The first-order chi connectivity index (χ1) is 8.90. The molecule has 1 aliphatic rings. The topological polar surface area (TPSA) is 76.5 Å². The van der Waals surface area contributed by atoms with E-state index in [-0.39, 0.29) is 6.09 Å². The van der Waals surface area contributed by atoms with Gasteiger partial charge in [-0.05, 0) is 20.8 Å². The Morgan fingerprint density at radius 1 is 1.47 bits per heavy atom. The predicted octanol–water partition coefficient (Wildman–Crippen LogP) is 1.20. The van der Waals surface area contributed by atoms with Crippen molar-refractivity contribution in [2.75, 3.05) is 11.9 Å². The molecule has 7 nitrogen and oxygen atoms in total. The van der Waals surface area contributed by atoms with Gasteiger partial charge in [0, 0.05) is 6.54 Å². The average Bonchev–Trinajstić information content (AvgIpc) is 2.70. The number of fused-ring (bicyclic) bond motifs is 1. The SMILES string of the molecule is CC(C)(C)OC(=O)N1CCn2ncc(NC=O)c2C1. The number of carbonyl (C=O) groups is 2. The van der Waals surface area contributed by atoms with Crippen LogP contribution in [-0.2, 0) is 22.6 Å². The summed E-state index contributed by atoms with van der Waals surface area (Å²) in [5, 5.41) is 6.74. The molecule has 1 aromatic heterocycles. The van der Waals surface area contributed by atoms with Crippen molar-refractivity contribution in [2.45, 2.75) is 39.5 Å². The molecular formula is C12H18N4O3. The Balaban J connectivity index is 2.10. The second-order valence-corrected chi connectivity index (χ2v) is 5.39. The standard InChI is InChI=1S/C12H18N4O3/c1-12(2,3)19-11(18)15-4-5-16-10(7-15)9(6-14-16)13-8-17/h6,8H,4-5,7H2,1-3H3,(H,13,17). The number of rotatable bonds is 2. The van der Waals surface area contributed by atoms with Crippen LogP contribution in [0.25, 0.3) is 0 Å². The molecule has 2 rings (SSSR count). The monoisotopic (exact) mass is 266 g/mol. The number of ether oxygens (including phenoxy) is 1. The van der Waals surface area contributed by atoms with Crippen LogP contribution in [0.1, 0.15) is 26.5 Å². The van der Waals surface area contributed by atoms with E-state index in [2.05, 4.69) is 10.4 Å². The number of hydrogen-bond donors (Lipinski definition) is 1. The lowest BCUT2D eigenvalue weighted by Gasteiger charge is -2.30. The molecule has 0 spiro atoms. The van der Waals surface area contributed by atoms with Crippen molar-refractivity contribution in [1.82, 2.24) is 14.7 Å². The quantitative estimate of drug-likeness (QED) is 0.816. The zero-order chi connectivity index (χ0) is 14.0. The Bertz CT molecular complexity index is 490. The number of aromatic nitrogens is 2. The van der Waals surface area contributed by atoms with Crippen molar-refractivity contribution in [1.29, 1.82) is 0 Å². The first kappa shape index (κ1) is 13.4. The molecule has 2 heterocycles.